The highest BCUT2D eigenvalue weighted by Crippen LogP contribution is 2.23. The van der Waals surface area contributed by atoms with E-state index in [9.17, 15) is 9.18 Å². The van der Waals surface area contributed by atoms with Crippen LogP contribution >= 0.6 is 0 Å². The van der Waals surface area contributed by atoms with Gasteiger partial charge in [-0.2, -0.15) is 0 Å². The van der Waals surface area contributed by atoms with E-state index >= 15 is 0 Å². The van der Waals surface area contributed by atoms with E-state index in [-0.39, 0.29) is 11.7 Å². The second kappa shape index (κ2) is 8.91. The third kappa shape index (κ3) is 4.57. The zero-order valence-corrected chi connectivity index (χ0v) is 16.1. The van der Waals surface area contributed by atoms with Gasteiger partial charge in [0.05, 0.1) is 37.8 Å². The van der Waals surface area contributed by atoms with Crippen molar-refractivity contribution < 1.29 is 23.4 Å². The zero-order valence-electron chi connectivity index (χ0n) is 16.1. The Morgan fingerprint density at radius 2 is 2.17 bits per heavy atom. The number of nitrogens with one attached hydrogen (secondary N) is 1. The van der Waals surface area contributed by atoms with Gasteiger partial charge >= 0.3 is 5.97 Å². The number of aliphatic imine (C=N–C) groups is 2. The van der Waals surface area contributed by atoms with Gasteiger partial charge in [0.25, 0.3) is 0 Å². The maximum Gasteiger partial charge on any atom is 0.335 e. The summed E-state index contributed by atoms with van der Waals surface area (Å²) in [5.41, 5.74) is 0.862. The number of nitrogens with zero attached hydrogens (tertiary/aromatic N) is 3. The number of furan rings is 1. The Morgan fingerprint density at radius 3 is 2.97 bits per heavy atom. The molecule has 1 aromatic heterocycles. The van der Waals surface area contributed by atoms with Gasteiger partial charge in [-0.05, 0) is 24.3 Å². The summed E-state index contributed by atoms with van der Waals surface area (Å²) >= 11 is 0. The molecular formula is C21H21FN4O4. The molecule has 1 fully saturated rings. The van der Waals surface area contributed by atoms with Crippen LogP contribution in [0.3, 0.4) is 0 Å². The Balaban J connectivity index is 1.37. The molecule has 1 saturated heterocycles. The number of hydrogen-bond acceptors (Lipinski definition) is 7. The minimum Gasteiger partial charge on any atom is -0.478 e. The Labute approximate surface area is 172 Å². The number of halogens is 1. The minimum atomic E-state index is -0.993. The number of morpholine rings is 1. The minimum absolute atomic E-state index is 0.191. The number of hydrogen-bond donors (Lipinski definition) is 2. The van der Waals surface area contributed by atoms with Crippen LogP contribution < -0.4 is 5.32 Å². The van der Waals surface area contributed by atoms with Crippen molar-refractivity contribution in [1.82, 2.24) is 10.2 Å². The SMILES string of the molecule is O=C(O)c1cccc(-c2ccc(C=NCC3N=CC(F)=C(N4CCOCC4)N3)o2)c1. The Hall–Kier alpha value is -3.46. The lowest BCUT2D eigenvalue weighted by molar-refractivity contribution is 0.0481. The predicted octanol–water partition coefficient (Wildman–Crippen LogP) is 2.53. The fourth-order valence-corrected chi connectivity index (χ4v) is 3.23. The van der Waals surface area contributed by atoms with E-state index in [2.05, 4.69) is 15.3 Å². The molecule has 156 valence electrons. The van der Waals surface area contributed by atoms with E-state index in [4.69, 9.17) is 14.3 Å². The number of ether oxygens (including phenoxy) is 1. The molecule has 30 heavy (non-hydrogen) atoms. The Morgan fingerprint density at radius 1 is 1.33 bits per heavy atom. The van der Waals surface area contributed by atoms with Crippen LogP contribution in [0.15, 0.2) is 62.4 Å². The quantitative estimate of drug-likeness (QED) is 0.708. The number of carboxylic acids is 1. The number of carbonyl (C=O) groups is 1. The van der Waals surface area contributed by atoms with Gasteiger partial charge in [-0.1, -0.05) is 12.1 Å². The lowest BCUT2D eigenvalue weighted by Gasteiger charge is -2.34. The van der Waals surface area contributed by atoms with Gasteiger partial charge in [-0.15, -0.1) is 0 Å². The molecule has 0 bridgehead atoms. The van der Waals surface area contributed by atoms with Gasteiger partial charge in [0.2, 0.25) is 0 Å². The average molecular weight is 412 g/mol. The second-order valence-corrected chi connectivity index (χ2v) is 6.82. The molecule has 8 nitrogen and oxygen atoms in total. The molecule has 2 aliphatic rings. The molecule has 3 heterocycles. The molecule has 1 atom stereocenters. The normalized spacial score (nSPS) is 19.4. The van der Waals surface area contributed by atoms with Crippen LogP contribution in [-0.2, 0) is 4.74 Å². The summed E-state index contributed by atoms with van der Waals surface area (Å²) in [7, 11) is 0. The van der Waals surface area contributed by atoms with E-state index in [0.29, 0.717) is 55.8 Å². The van der Waals surface area contributed by atoms with Gasteiger partial charge < -0.3 is 24.5 Å². The van der Waals surface area contributed by atoms with Crippen molar-refractivity contribution >= 4 is 18.4 Å². The molecular weight excluding hydrogens is 391 g/mol. The van der Waals surface area contributed by atoms with Crippen LogP contribution in [0.5, 0.6) is 0 Å². The molecule has 9 heteroatoms. The third-order valence-electron chi connectivity index (χ3n) is 4.74. The molecule has 0 amide bonds. The first-order valence-electron chi connectivity index (χ1n) is 9.56. The Kier molecular flexibility index (Phi) is 5.89. The molecule has 2 N–H and O–H groups in total. The fourth-order valence-electron chi connectivity index (χ4n) is 3.23. The summed E-state index contributed by atoms with van der Waals surface area (Å²) in [4.78, 5) is 21.5. The highest BCUT2D eigenvalue weighted by molar-refractivity contribution is 5.89. The molecule has 0 radical (unpaired) electrons. The average Bonchev–Trinajstić information content (AvgIpc) is 3.24. The van der Waals surface area contributed by atoms with Crippen LogP contribution in [0.25, 0.3) is 11.3 Å². The standard InChI is InChI=1S/C21H21FN4O4/c22-17-12-24-19(25-20(17)26-6-8-29-9-7-26)13-23-11-16-4-5-18(30-16)14-2-1-3-15(10-14)21(27)28/h1-5,10-12,19,25H,6-9,13H2,(H,27,28). The van der Waals surface area contributed by atoms with Crippen LogP contribution in [0.2, 0.25) is 0 Å². The van der Waals surface area contributed by atoms with Crippen molar-refractivity contribution in [3.05, 3.63) is 59.4 Å². The van der Waals surface area contributed by atoms with Gasteiger partial charge in [-0.3, -0.25) is 9.98 Å². The number of benzene rings is 1. The summed E-state index contributed by atoms with van der Waals surface area (Å²) in [6, 6.07) is 10.0. The summed E-state index contributed by atoms with van der Waals surface area (Å²) in [5, 5.41) is 12.2. The first kappa shape index (κ1) is 19.8. The van der Waals surface area contributed by atoms with Crippen LogP contribution in [0.4, 0.5) is 4.39 Å². The van der Waals surface area contributed by atoms with Gasteiger partial charge in [0, 0.05) is 18.7 Å². The van der Waals surface area contributed by atoms with E-state index in [1.807, 2.05) is 4.90 Å². The molecule has 4 rings (SSSR count). The van der Waals surface area contributed by atoms with Crippen LogP contribution in [0.1, 0.15) is 16.1 Å². The number of carboxylic acid groups (broad SMARTS) is 1. The van der Waals surface area contributed by atoms with Crippen molar-refractivity contribution in [3.8, 4) is 11.3 Å². The van der Waals surface area contributed by atoms with E-state index < -0.39 is 11.8 Å². The van der Waals surface area contributed by atoms with Crippen molar-refractivity contribution in [2.45, 2.75) is 6.17 Å². The van der Waals surface area contributed by atoms with Gasteiger partial charge in [0.1, 0.15) is 23.5 Å². The number of aromatic carboxylic acids is 1. The van der Waals surface area contributed by atoms with Crippen LogP contribution in [-0.4, -0.2) is 67.4 Å². The summed E-state index contributed by atoms with van der Waals surface area (Å²) in [6.45, 7) is 2.68. The van der Waals surface area contributed by atoms with Crippen molar-refractivity contribution in [2.75, 3.05) is 32.8 Å². The molecule has 1 unspecified atom stereocenters. The number of allylic oxidation sites excluding steroid dienone is 1. The number of rotatable bonds is 6. The lowest BCUT2D eigenvalue weighted by Crippen LogP contribution is -2.45. The van der Waals surface area contributed by atoms with Crippen molar-refractivity contribution in [3.63, 3.8) is 0 Å². The summed E-state index contributed by atoms with van der Waals surface area (Å²) in [6.07, 6.45) is 2.42. The maximum atomic E-state index is 14.1. The van der Waals surface area contributed by atoms with E-state index in [1.54, 1.807) is 36.5 Å². The smallest absolute Gasteiger partial charge is 0.335 e. The molecule has 1 aromatic carbocycles. The highest BCUT2D eigenvalue weighted by atomic mass is 19.1. The van der Waals surface area contributed by atoms with E-state index in [1.165, 1.54) is 12.3 Å². The second-order valence-electron chi connectivity index (χ2n) is 6.82. The molecule has 2 aromatic rings. The fraction of sp³-hybridized carbons (Fsp3) is 0.286. The first-order valence-corrected chi connectivity index (χ1v) is 9.56. The van der Waals surface area contributed by atoms with Gasteiger partial charge in [0.15, 0.2) is 5.83 Å². The molecule has 2 aliphatic heterocycles. The largest absolute Gasteiger partial charge is 0.478 e. The van der Waals surface area contributed by atoms with Crippen LogP contribution in [0, 0.1) is 0 Å². The van der Waals surface area contributed by atoms with Gasteiger partial charge in [-0.25, -0.2) is 9.18 Å². The summed E-state index contributed by atoms with van der Waals surface area (Å²) < 4.78 is 25.2. The molecule has 0 saturated carbocycles. The third-order valence-corrected chi connectivity index (χ3v) is 4.74. The Bertz CT molecular complexity index is 1010. The van der Waals surface area contributed by atoms with Crippen molar-refractivity contribution in [2.24, 2.45) is 9.98 Å². The highest BCUT2D eigenvalue weighted by Gasteiger charge is 2.23. The topological polar surface area (TPSA) is 99.7 Å². The predicted molar refractivity (Wildman–Crippen MR) is 110 cm³/mol. The maximum absolute atomic E-state index is 14.1. The first-order chi connectivity index (χ1) is 14.6. The monoisotopic (exact) mass is 412 g/mol. The lowest BCUT2D eigenvalue weighted by atomic mass is 10.1. The zero-order chi connectivity index (χ0) is 20.9. The molecule has 0 spiro atoms. The summed E-state index contributed by atoms with van der Waals surface area (Å²) in [5.74, 6) is 0.116. The van der Waals surface area contributed by atoms with E-state index in [0.717, 1.165) is 0 Å². The molecule has 0 aliphatic carbocycles. The van der Waals surface area contributed by atoms with Crippen molar-refractivity contribution in [1.29, 1.82) is 0 Å².